The molecule has 6 nitrogen and oxygen atoms in total. The molecule has 8 heteroatoms. The van der Waals surface area contributed by atoms with Gasteiger partial charge in [-0.05, 0) is 42.5 Å². The van der Waals surface area contributed by atoms with E-state index in [1.165, 1.54) is 24.3 Å². The van der Waals surface area contributed by atoms with Crippen molar-refractivity contribution in [2.75, 3.05) is 0 Å². The first-order chi connectivity index (χ1) is 11.8. The molecule has 1 saturated carbocycles. The van der Waals surface area contributed by atoms with E-state index < -0.39 is 20.5 Å². The maximum absolute atomic E-state index is 12.6. The summed E-state index contributed by atoms with van der Waals surface area (Å²) in [6.45, 7) is 0. The van der Waals surface area contributed by atoms with E-state index in [1.807, 2.05) is 12.1 Å². The van der Waals surface area contributed by atoms with Crippen LogP contribution in [0.5, 0.6) is 0 Å². The van der Waals surface area contributed by atoms with Gasteiger partial charge in [0.1, 0.15) is 0 Å². The first-order valence-electron chi connectivity index (χ1n) is 7.81. The molecule has 1 N–H and O–H groups in total. The summed E-state index contributed by atoms with van der Waals surface area (Å²) in [7, 11) is -3.60. The van der Waals surface area contributed by atoms with Crippen LogP contribution in [0, 0.1) is 10.1 Å². The maximum Gasteiger partial charge on any atom is 0.269 e. The quantitative estimate of drug-likeness (QED) is 0.610. The van der Waals surface area contributed by atoms with E-state index >= 15 is 0 Å². The number of sulfonamides is 1. The molecule has 0 saturated heterocycles. The Balaban J connectivity index is 1.77. The van der Waals surface area contributed by atoms with Gasteiger partial charge >= 0.3 is 0 Å². The molecule has 0 amide bonds. The zero-order valence-electron chi connectivity index (χ0n) is 13.3. The number of halogens is 1. The smallest absolute Gasteiger partial charge is 0.258 e. The summed E-state index contributed by atoms with van der Waals surface area (Å²) in [6, 6.07) is 12.7. The largest absolute Gasteiger partial charge is 0.269 e. The number of nitro benzene ring substituents is 1. The van der Waals surface area contributed by atoms with Crippen molar-refractivity contribution in [3.05, 3.63) is 74.8 Å². The predicted octanol–water partition coefficient (Wildman–Crippen LogP) is 3.75. The van der Waals surface area contributed by atoms with E-state index in [0.717, 1.165) is 24.8 Å². The van der Waals surface area contributed by atoms with Gasteiger partial charge < -0.3 is 0 Å². The number of nitro groups is 1. The number of non-ortho nitro benzene ring substituents is 1. The molecule has 2 aromatic rings. The molecule has 3 rings (SSSR count). The van der Waals surface area contributed by atoms with Crippen LogP contribution in [0.3, 0.4) is 0 Å². The second kappa shape index (κ2) is 6.74. The Labute approximate surface area is 151 Å². The molecular weight excluding hydrogens is 364 g/mol. The topological polar surface area (TPSA) is 89.3 Å². The van der Waals surface area contributed by atoms with Crippen LogP contribution in [0.2, 0.25) is 5.02 Å². The van der Waals surface area contributed by atoms with E-state index in [9.17, 15) is 18.5 Å². The Kier molecular flexibility index (Phi) is 4.81. The third kappa shape index (κ3) is 4.00. The molecule has 0 radical (unpaired) electrons. The third-order valence-corrected chi connectivity index (χ3v) is 6.13. The number of rotatable bonds is 6. The lowest BCUT2D eigenvalue weighted by molar-refractivity contribution is -0.384. The highest BCUT2D eigenvalue weighted by Gasteiger charge is 2.41. The van der Waals surface area contributed by atoms with Crippen LogP contribution in [-0.4, -0.2) is 13.3 Å². The first kappa shape index (κ1) is 17.8. The lowest BCUT2D eigenvalue weighted by Crippen LogP contribution is -2.50. The summed E-state index contributed by atoms with van der Waals surface area (Å²) < 4.78 is 28.0. The Morgan fingerprint density at radius 3 is 2.16 bits per heavy atom. The molecule has 1 fully saturated rings. The molecule has 0 aliphatic heterocycles. The third-order valence-electron chi connectivity index (χ3n) is 4.46. The zero-order chi connectivity index (χ0) is 18.1. The second-order valence-electron chi connectivity index (χ2n) is 6.23. The number of nitrogens with one attached hydrogen (secondary N) is 1. The molecule has 0 atom stereocenters. The van der Waals surface area contributed by atoms with Gasteiger partial charge in [0.15, 0.2) is 0 Å². The number of benzene rings is 2. The highest BCUT2D eigenvalue weighted by Crippen LogP contribution is 2.42. The summed E-state index contributed by atoms with van der Waals surface area (Å²) in [5.41, 5.74) is 0.745. The second-order valence-corrected chi connectivity index (χ2v) is 8.39. The van der Waals surface area contributed by atoms with Gasteiger partial charge in [-0.1, -0.05) is 35.9 Å². The lowest BCUT2D eigenvalue weighted by atomic mass is 9.73. The molecule has 1 aliphatic carbocycles. The summed E-state index contributed by atoms with van der Waals surface area (Å²) >= 11 is 5.91. The van der Waals surface area contributed by atoms with Gasteiger partial charge in [0.25, 0.3) is 5.69 Å². The molecule has 1 aliphatic rings. The van der Waals surface area contributed by atoms with Crippen molar-refractivity contribution < 1.29 is 13.3 Å². The van der Waals surface area contributed by atoms with Crippen molar-refractivity contribution in [3.8, 4) is 0 Å². The zero-order valence-corrected chi connectivity index (χ0v) is 14.9. The van der Waals surface area contributed by atoms with Crippen molar-refractivity contribution in [2.24, 2.45) is 0 Å². The highest BCUT2D eigenvalue weighted by molar-refractivity contribution is 7.88. The Bertz CT molecular complexity index is 876. The lowest BCUT2D eigenvalue weighted by Gasteiger charge is -2.42. The Hall–Kier alpha value is -1.96. The van der Waals surface area contributed by atoms with E-state index in [4.69, 9.17) is 11.6 Å². The van der Waals surface area contributed by atoms with Crippen molar-refractivity contribution in [3.63, 3.8) is 0 Å². The van der Waals surface area contributed by atoms with Crippen molar-refractivity contribution >= 4 is 27.3 Å². The van der Waals surface area contributed by atoms with Crippen LogP contribution in [-0.2, 0) is 21.3 Å². The Morgan fingerprint density at radius 1 is 1.08 bits per heavy atom. The van der Waals surface area contributed by atoms with E-state index in [2.05, 4.69) is 4.72 Å². The van der Waals surface area contributed by atoms with Gasteiger partial charge in [-0.3, -0.25) is 10.1 Å². The van der Waals surface area contributed by atoms with Crippen molar-refractivity contribution in [1.29, 1.82) is 0 Å². The van der Waals surface area contributed by atoms with E-state index in [-0.39, 0.29) is 11.4 Å². The fraction of sp³-hybridized carbons (Fsp3) is 0.294. The molecule has 0 spiro atoms. The summed E-state index contributed by atoms with van der Waals surface area (Å²) in [6.07, 6.45) is 2.41. The monoisotopic (exact) mass is 380 g/mol. The molecule has 0 aromatic heterocycles. The average Bonchev–Trinajstić information content (AvgIpc) is 2.52. The molecule has 132 valence electrons. The maximum atomic E-state index is 12.6. The van der Waals surface area contributed by atoms with Gasteiger partial charge in [0.05, 0.1) is 16.2 Å². The predicted molar refractivity (Wildman–Crippen MR) is 95.8 cm³/mol. The summed E-state index contributed by atoms with van der Waals surface area (Å²) in [5.74, 6) is -0.222. The summed E-state index contributed by atoms with van der Waals surface area (Å²) in [4.78, 5) is 10.2. The standard InChI is InChI=1S/C17H17ClN2O4S/c18-15-6-4-14(5-7-15)17(10-1-11-17)19-25(23,24)12-13-2-8-16(9-3-13)20(21)22/h2-9,19H,1,10-12H2. The minimum absolute atomic E-state index is 0.0641. The van der Waals surface area contributed by atoms with Gasteiger partial charge in [-0.25, -0.2) is 13.1 Å². The van der Waals surface area contributed by atoms with Crippen LogP contribution >= 0.6 is 11.6 Å². The van der Waals surface area contributed by atoms with Crippen LogP contribution in [0.4, 0.5) is 5.69 Å². The van der Waals surface area contributed by atoms with Crippen LogP contribution < -0.4 is 4.72 Å². The van der Waals surface area contributed by atoms with Gasteiger partial charge in [0.2, 0.25) is 10.0 Å². The van der Waals surface area contributed by atoms with E-state index in [0.29, 0.717) is 10.6 Å². The van der Waals surface area contributed by atoms with E-state index in [1.54, 1.807) is 12.1 Å². The number of hydrogen-bond donors (Lipinski definition) is 1. The van der Waals surface area contributed by atoms with Gasteiger partial charge in [-0.15, -0.1) is 0 Å². The molecule has 0 heterocycles. The minimum Gasteiger partial charge on any atom is -0.258 e. The van der Waals surface area contributed by atoms with Crippen LogP contribution in [0.25, 0.3) is 0 Å². The fourth-order valence-electron chi connectivity index (χ4n) is 3.02. The van der Waals surface area contributed by atoms with Crippen molar-refractivity contribution in [1.82, 2.24) is 4.72 Å². The SMILES string of the molecule is O=[N+]([O-])c1ccc(CS(=O)(=O)NC2(c3ccc(Cl)cc3)CCC2)cc1. The average molecular weight is 381 g/mol. The molecule has 0 unspecified atom stereocenters. The minimum atomic E-state index is -3.60. The molecule has 25 heavy (non-hydrogen) atoms. The normalized spacial score (nSPS) is 16.2. The number of hydrogen-bond acceptors (Lipinski definition) is 4. The molecule has 2 aromatic carbocycles. The van der Waals surface area contributed by atoms with Crippen molar-refractivity contribution in [2.45, 2.75) is 30.6 Å². The molecule has 0 bridgehead atoms. The fourth-order valence-corrected chi connectivity index (χ4v) is 4.76. The first-order valence-corrected chi connectivity index (χ1v) is 9.84. The Morgan fingerprint density at radius 2 is 1.68 bits per heavy atom. The molecular formula is C17H17ClN2O4S. The van der Waals surface area contributed by atoms with Crippen LogP contribution in [0.1, 0.15) is 30.4 Å². The van der Waals surface area contributed by atoms with Gasteiger partial charge in [-0.2, -0.15) is 0 Å². The highest BCUT2D eigenvalue weighted by atomic mass is 35.5. The number of nitrogens with zero attached hydrogens (tertiary/aromatic N) is 1. The summed E-state index contributed by atoms with van der Waals surface area (Å²) in [5, 5.41) is 11.3. The van der Waals surface area contributed by atoms with Gasteiger partial charge in [0, 0.05) is 17.2 Å². The van der Waals surface area contributed by atoms with Crippen LogP contribution in [0.15, 0.2) is 48.5 Å².